The summed E-state index contributed by atoms with van der Waals surface area (Å²) in [4.78, 5) is 26.1. The lowest BCUT2D eigenvalue weighted by Gasteiger charge is -2.09. The number of methoxy groups -OCH3 is 1. The van der Waals surface area contributed by atoms with Gasteiger partial charge in [-0.3, -0.25) is 14.6 Å². The molecular weight excluding hydrogens is 356 g/mol. The van der Waals surface area contributed by atoms with Crippen LogP contribution >= 0.6 is 31.9 Å². The molecule has 0 radical (unpaired) electrons. The third-order valence-corrected chi connectivity index (χ3v) is 3.00. The Balaban J connectivity index is 2.53. The van der Waals surface area contributed by atoms with E-state index in [1.54, 1.807) is 12.3 Å². The summed E-state index contributed by atoms with van der Waals surface area (Å²) in [6.07, 6.45) is 3.03. The van der Waals surface area contributed by atoms with Crippen LogP contribution in [0, 0.1) is 0 Å². The number of nitrogens with zero attached hydrogens (tertiary/aromatic N) is 1. The Kier molecular flexibility index (Phi) is 5.57. The first kappa shape index (κ1) is 14.1. The average molecular weight is 366 g/mol. The zero-order chi connectivity index (χ0) is 12.8. The van der Waals surface area contributed by atoms with Gasteiger partial charge in [-0.2, -0.15) is 0 Å². The number of amides is 1. The first-order valence-electron chi connectivity index (χ1n) is 4.65. The summed E-state index contributed by atoms with van der Waals surface area (Å²) in [5, 5.41) is 2.59. The zero-order valence-electron chi connectivity index (χ0n) is 8.94. The summed E-state index contributed by atoms with van der Waals surface area (Å²) < 4.78 is 5.23. The van der Waals surface area contributed by atoms with E-state index in [-0.39, 0.29) is 12.5 Å². The highest BCUT2D eigenvalue weighted by Gasteiger charge is 2.16. The Morgan fingerprint density at radius 1 is 1.53 bits per heavy atom. The van der Waals surface area contributed by atoms with E-state index < -0.39 is 10.8 Å². The molecule has 1 rings (SSSR count). The molecule has 1 unspecified atom stereocenters. The minimum Gasteiger partial charge on any atom is -0.468 e. The number of hydrogen-bond acceptors (Lipinski definition) is 4. The van der Waals surface area contributed by atoms with E-state index in [1.165, 1.54) is 13.3 Å². The van der Waals surface area contributed by atoms with Gasteiger partial charge in [0.05, 0.1) is 12.7 Å². The smallest absolute Gasteiger partial charge is 0.321 e. The number of carbonyl (C=O) groups is 2. The van der Waals surface area contributed by atoms with Gasteiger partial charge in [0.15, 0.2) is 0 Å². The molecule has 0 saturated heterocycles. The van der Waals surface area contributed by atoms with Crippen molar-refractivity contribution in [2.45, 2.75) is 4.83 Å². The molecule has 0 saturated carbocycles. The van der Waals surface area contributed by atoms with Gasteiger partial charge >= 0.3 is 5.97 Å². The number of pyridine rings is 1. The summed E-state index contributed by atoms with van der Waals surface area (Å²) in [6, 6.07) is 1.64. The van der Waals surface area contributed by atoms with Gasteiger partial charge in [0.25, 0.3) is 5.91 Å². The maximum Gasteiger partial charge on any atom is 0.321 e. The van der Waals surface area contributed by atoms with E-state index in [9.17, 15) is 9.59 Å². The molecule has 0 fully saturated rings. The molecular formula is C10H10Br2N2O3. The Morgan fingerprint density at radius 3 is 2.82 bits per heavy atom. The Morgan fingerprint density at radius 2 is 2.24 bits per heavy atom. The van der Waals surface area contributed by atoms with Crippen LogP contribution in [0.25, 0.3) is 0 Å². The quantitative estimate of drug-likeness (QED) is 0.648. The maximum atomic E-state index is 11.7. The van der Waals surface area contributed by atoms with Crippen LogP contribution in [0.5, 0.6) is 0 Å². The second-order valence-electron chi connectivity index (χ2n) is 3.09. The van der Waals surface area contributed by atoms with Crippen molar-refractivity contribution >= 4 is 43.7 Å². The molecule has 7 heteroatoms. The highest BCUT2D eigenvalue weighted by Crippen LogP contribution is 2.09. The van der Waals surface area contributed by atoms with E-state index >= 15 is 0 Å². The van der Waals surface area contributed by atoms with E-state index in [0.29, 0.717) is 10.0 Å². The molecule has 17 heavy (non-hydrogen) atoms. The predicted molar refractivity (Wildman–Crippen MR) is 69.0 cm³/mol. The van der Waals surface area contributed by atoms with Crippen molar-refractivity contribution in [1.29, 1.82) is 0 Å². The first-order chi connectivity index (χ1) is 8.04. The van der Waals surface area contributed by atoms with Crippen LogP contribution in [0.2, 0.25) is 0 Å². The third kappa shape index (κ3) is 4.43. The molecule has 1 N–H and O–H groups in total. The van der Waals surface area contributed by atoms with Gasteiger partial charge in [-0.1, -0.05) is 15.9 Å². The number of nitrogens with one attached hydrogen (secondary N) is 1. The average Bonchev–Trinajstić information content (AvgIpc) is 2.34. The highest BCUT2D eigenvalue weighted by atomic mass is 79.9. The molecule has 1 amide bonds. The lowest BCUT2D eigenvalue weighted by Crippen LogP contribution is -2.33. The molecule has 1 heterocycles. The van der Waals surface area contributed by atoms with Gasteiger partial charge in [0.2, 0.25) is 0 Å². The summed E-state index contributed by atoms with van der Waals surface area (Å²) in [6.45, 7) is 0.151. The number of aromatic nitrogens is 1. The summed E-state index contributed by atoms with van der Waals surface area (Å²) in [7, 11) is 1.29. The monoisotopic (exact) mass is 364 g/mol. The summed E-state index contributed by atoms with van der Waals surface area (Å²) >= 11 is 6.32. The van der Waals surface area contributed by atoms with Crippen molar-refractivity contribution in [3.05, 3.63) is 28.5 Å². The second kappa shape index (κ2) is 6.70. The minimum atomic E-state index is -0.559. The van der Waals surface area contributed by atoms with Crippen LogP contribution in [0.3, 0.4) is 0 Å². The van der Waals surface area contributed by atoms with Crippen LogP contribution in [0.1, 0.15) is 10.4 Å². The molecule has 0 bridgehead atoms. The van der Waals surface area contributed by atoms with Crippen LogP contribution < -0.4 is 5.32 Å². The van der Waals surface area contributed by atoms with E-state index in [4.69, 9.17) is 0 Å². The van der Waals surface area contributed by atoms with Crippen molar-refractivity contribution < 1.29 is 14.3 Å². The fourth-order valence-corrected chi connectivity index (χ4v) is 1.75. The minimum absolute atomic E-state index is 0.151. The van der Waals surface area contributed by atoms with Crippen molar-refractivity contribution in [2.75, 3.05) is 13.7 Å². The highest BCUT2D eigenvalue weighted by molar-refractivity contribution is 9.10. The van der Waals surface area contributed by atoms with E-state index in [1.807, 2.05) is 0 Å². The Hall–Kier alpha value is -0.950. The van der Waals surface area contributed by atoms with Crippen molar-refractivity contribution in [3.63, 3.8) is 0 Å². The number of ether oxygens (including phenoxy) is 1. The number of esters is 1. The fourth-order valence-electron chi connectivity index (χ4n) is 1.03. The van der Waals surface area contributed by atoms with E-state index in [0.717, 1.165) is 0 Å². The molecule has 1 aromatic heterocycles. The van der Waals surface area contributed by atoms with Crippen LogP contribution in [0.4, 0.5) is 0 Å². The molecule has 0 aliphatic rings. The SMILES string of the molecule is COC(=O)C(Br)CNC(=O)c1cncc(Br)c1. The first-order valence-corrected chi connectivity index (χ1v) is 6.36. The summed E-state index contributed by atoms with van der Waals surface area (Å²) in [5.74, 6) is -0.732. The maximum absolute atomic E-state index is 11.7. The molecule has 0 aromatic carbocycles. The van der Waals surface area contributed by atoms with Crippen LogP contribution in [-0.4, -0.2) is 35.3 Å². The van der Waals surface area contributed by atoms with Crippen molar-refractivity contribution in [2.24, 2.45) is 0 Å². The second-order valence-corrected chi connectivity index (χ2v) is 5.11. The summed E-state index contributed by atoms with van der Waals surface area (Å²) in [5.41, 5.74) is 0.420. The van der Waals surface area contributed by atoms with Gasteiger partial charge in [-0.15, -0.1) is 0 Å². The fraction of sp³-hybridized carbons (Fsp3) is 0.300. The predicted octanol–water partition coefficient (Wildman–Crippen LogP) is 1.51. The van der Waals surface area contributed by atoms with Gasteiger partial charge in [0, 0.05) is 23.4 Å². The third-order valence-electron chi connectivity index (χ3n) is 1.87. The molecule has 0 aliphatic heterocycles. The normalized spacial score (nSPS) is 11.7. The molecule has 92 valence electrons. The van der Waals surface area contributed by atoms with Gasteiger partial charge in [0.1, 0.15) is 4.83 Å². The molecule has 1 aromatic rings. The van der Waals surface area contributed by atoms with Gasteiger partial charge in [-0.25, -0.2) is 0 Å². The molecule has 5 nitrogen and oxygen atoms in total. The zero-order valence-corrected chi connectivity index (χ0v) is 12.1. The lowest BCUT2D eigenvalue weighted by molar-refractivity contribution is -0.139. The number of hydrogen-bond donors (Lipinski definition) is 1. The number of halogens is 2. The van der Waals surface area contributed by atoms with Crippen LogP contribution in [0.15, 0.2) is 22.9 Å². The standard InChI is InChI=1S/C10H10Br2N2O3/c1-17-10(16)8(12)5-14-9(15)6-2-7(11)4-13-3-6/h2-4,8H,5H2,1H3,(H,14,15). The number of carbonyl (C=O) groups excluding carboxylic acids is 2. The topological polar surface area (TPSA) is 68.3 Å². The Bertz CT molecular complexity index is 426. The van der Waals surface area contributed by atoms with Crippen LogP contribution in [-0.2, 0) is 9.53 Å². The number of rotatable bonds is 4. The lowest BCUT2D eigenvalue weighted by atomic mass is 10.2. The molecule has 0 aliphatic carbocycles. The van der Waals surface area contributed by atoms with Crippen molar-refractivity contribution in [1.82, 2.24) is 10.3 Å². The molecule has 0 spiro atoms. The van der Waals surface area contributed by atoms with Gasteiger partial charge in [-0.05, 0) is 22.0 Å². The van der Waals surface area contributed by atoms with E-state index in [2.05, 4.69) is 46.9 Å². The molecule has 1 atom stereocenters. The number of alkyl halides is 1. The Labute approximate surface area is 115 Å². The van der Waals surface area contributed by atoms with Gasteiger partial charge < -0.3 is 10.1 Å². The van der Waals surface area contributed by atoms with Crippen molar-refractivity contribution in [3.8, 4) is 0 Å². The largest absolute Gasteiger partial charge is 0.468 e.